The first-order valence-corrected chi connectivity index (χ1v) is 5.66. The summed E-state index contributed by atoms with van der Waals surface area (Å²) in [5, 5.41) is 0. The maximum absolute atomic E-state index is 5.70. The summed E-state index contributed by atoms with van der Waals surface area (Å²) < 4.78 is 0. The molecule has 0 amide bonds. The van der Waals surface area contributed by atoms with Gasteiger partial charge in [0.25, 0.3) is 0 Å². The summed E-state index contributed by atoms with van der Waals surface area (Å²) in [6.07, 6.45) is 6.19. The van der Waals surface area contributed by atoms with Gasteiger partial charge in [-0.2, -0.15) is 0 Å². The van der Waals surface area contributed by atoms with Gasteiger partial charge in [-0.25, -0.2) is 0 Å². The highest BCUT2D eigenvalue weighted by atomic mass is 14.5. The van der Waals surface area contributed by atoms with Crippen molar-refractivity contribution in [3.63, 3.8) is 0 Å². The molecule has 0 bridgehead atoms. The van der Waals surface area contributed by atoms with E-state index in [0.29, 0.717) is 5.41 Å². The Hall–Kier alpha value is -1.24. The van der Waals surface area contributed by atoms with Crippen LogP contribution in [0.15, 0.2) is 30.3 Å². The molecule has 0 saturated heterocycles. The highest BCUT2D eigenvalue weighted by Crippen LogP contribution is 2.42. The molecule has 2 rings (SSSR count). The van der Waals surface area contributed by atoms with Gasteiger partial charge >= 0.3 is 0 Å². The zero-order valence-electron chi connectivity index (χ0n) is 9.59. The third-order valence-corrected chi connectivity index (χ3v) is 3.31. The third-order valence-electron chi connectivity index (χ3n) is 3.31. The van der Waals surface area contributed by atoms with Gasteiger partial charge < -0.3 is 5.73 Å². The molecule has 1 heteroatoms. The third kappa shape index (κ3) is 2.06. The fourth-order valence-electron chi connectivity index (χ4n) is 2.37. The predicted octanol–water partition coefficient (Wildman–Crippen LogP) is 3.86. The Labute approximate surface area is 92.0 Å². The van der Waals surface area contributed by atoms with E-state index in [1.54, 1.807) is 0 Å². The maximum atomic E-state index is 5.70. The minimum absolute atomic E-state index is 0.314. The molecule has 1 aliphatic rings. The summed E-state index contributed by atoms with van der Waals surface area (Å²) in [7, 11) is 0. The summed E-state index contributed by atoms with van der Waals surface area (Å²) in [6, 6.07) is 8.24. The molecular weight excluding hydrogens is 182 g/mol. The average Bonchev–Trinajstić information content (AvgIpc) is 2.19. The molecule has 0 saturated carbocycles. The SMILES string of the molecule is CC1(C)CCCC=C1c1ccc(N)cc1. The van der Waals surface area contributed by atoms with Crippen LogP contribution in [0.3, 0.4) is 0 Å². The number of rotatable bonds is 1. The molecule has 1 aromatic carbocycles. The Balaban J connectivity index is 2.37. The van der Waals surface area contributed by atoms with Crippen molar-refractivity contribution in [2.24, 2.45) is 5.41 Å². The van der Waals surface area contributed by atoms with E-state index in [1.807, 2.05) is 12.1 Å². The van der Waals surface area contributed by atoms with Crippen molar-refractivity contribution in [1.82, 2.24) is 0 Å². The molecule has 80 valence electrons. The molecule has 0 unspecified atom stereocenters. The number of nitrogen functional groups attached to an aromatic ring is 1. The molecule has 0 atom stereocenters. The van der Waals surface area contributed by atoms with Crippen LogP contribution in [0, 0.1) is 5.41 Å². The van der Waals surface area contributed by atoms with Gasteiger partial charge in [0.1, 0.15) is 0 Å². The van der Waals surface area contributed by atoms with Crippen molar-refractivity contribution in [2.75, 3.05) is 5.73 Å². The quantitative estimate of drug-likeness (QED) is 0.686. The van der Waals surface area contributed by atoms with E-state index in [4.69, 9.17) is 5.73 Å². The Morgan fingerprint density at radius 1 is 1.13 bits per heavy atom. The Kier molecular flexibility index (Phi) is 2.56. The van der Waals surface area contributed by atoms with Crippen LogP contribution in [0.5, 0.6) is 0 Å². The minimum Gasteiger partial charge on any atom is -0.399 e. The first kappa shape index (κ1) is 10.3. The normalized spacial score (nSPS) is 19.7. The lowest BCUT2D eigenvalue weighted by Crippen LogP contribution is -2.16. The van der Waals surface area contributed by atoms with Crippen LogP contribution in [0.2, 0.25) is 0 Å². The van der Waals surface area contributed by atoms with E-state index in [1.165, 1.54) is 30.4 Å². The van der Waals surface area contributed by atoms with Crippen molar-refractivity contribution >= 4 is 11.3 Å². The van der Waals surface area contributed by atoms with Crippen molar-refractivity contribution < 1.29 is 0 Å². The van der Waals surface area contributed by atoms with Gasteiger partial charge in [0.15, 0.2) is 0 Å². The minimum atomic E-state index is 0.314. The van der Waals surface area contributed by atoms with E-state index >= 15 is 0 Å². The van der Waals surface area contributed by atoms with Crippen molar-refractivity contribution in [3.05, 3.63) is 35.9 Å². The molecule has 0 fully saturated rings. The Morgan fingerprint density at radius 2 is 1.80 bits per heavy atom. The Bertz CT molecular complexity index is 371. The van der Waals surface area contributed by atoms with Crippen LogP contribution in [-0.2, 0) is 0 Å². The molecule has 0 spiro atoms. The second-order valence-corrected chi connectivity index (χ2v) is 5.02. The van der Waals surface area contributed by atoms with E-state index in [0.717, 1.165) is 5.69 Å². The van der Waals surface area contributed by atoms with Gasteiger partial charge in [-0.3, -0.25) is 0 Å². The number of hydrogen-bond donors (Lipinski definition) is 1. The van der Waals surface area contributed by atoms with Crippen molar-refractivity contribution in [1.29, 1.82) is 0 Å². The fourth-order valence-corrected chi connectivity index (χ4v) is 2.37. The molecule has 0 radical (unpaired) electrons. The van der Waals surface area contributed by atoms with Crippen molar-refractivity contribution in [2.45, 2.75) is 33.1 Å². The molecule has 0 aliphatic heterocycles. The summed E-state index contributed by atoms with van der Waals surface area (Å²) >= 11 is 0. The van der Waals surface area contributed by atoms with Crippen LogP contribution in [0.1, 0.15) is 38.7 Å². The lowest BCUT2D eigenvalue weighted by atomic mass is 9.73. The second-order valence-electron chi connectivity index (χ2n) is 5.02. The number of hydrogen-bond acceptors (Lipinski definition) is 1. The van der Waals surface area contributed by atoms with E-state index in [-0.39, 0.29) is 0 Å². The maximum Gasteiger partial charge on any atom is 0.0314 e. The van der Waals surface area contributed by atoms with Gasteiger partial charge in [-0.15, -0.1) is 0 Å². The lowest BCUT2D eigenvalue weighted by Gasteiger charge is -2.32. The summed E-state index contributed by atoms with van der Waals surface area (Å²) in [4.78, 5) is 0. The molecule has 0 aromatic heterocycles. The van der Waals surface area contributed by atoms with Crippen molar-refractivity contribution in [3.8, 4) is 0 Å². The first-order valence-electron chi connectivity index (χ1n) is 5.66. The highest BCUT2D eigenvalue weighted by molar-refractivity contribution is 5.71. The van der Waals surface area contributed by atoms with E-state index in [2.05, 4.69) is 32.1 Å². The predicted molar refractivity (Wildman–Crippen MR) is 66.5 cm³/mol. The van der Waals surface area contributed by atoms with Crippen LogP contribution in [0.4, 0.5) is 5.69 Å². The largest absolute Gasteiger partial charge is 0.399 e. The summed E-state index contributed by atoms with van der Waals surface area (Å²) in [6.45, 7) is 4.66. The van der Waals surface area contributed by atoms with Crippen LogP contribution < -0.4 is 5.73 Å². The Morgan fingerprint density at radius 3 is 2.40 bits per heavy atom. The van der Waals surface area contributed by atoms with Crippen LogP contribution >= 0.6 is 0 Å². The highest BCUT2D eigenvalue weighted by Gasteiger charge is 2.26. The topological polar surface area (TPSA) is 26.0 Å². The number of nitrogens with two attached hydrogens (primary N) is 1. The summed E-state index contributed by atoms with van der Waals surface area (Å²) in [5.74, 6) is 0. The summed E-state index contributed by atoms with van der Waals surface area (Å²) in [5.41, 5.74) is 9.67. The number of benzene rings is 1. The average molecular weight is 201 g/mol. The zero-order chi connectivity index (χ0) is 10.9. The molecule has 15 heavy (non-hydrogen) atoms. The first-order chi connectivity index (χ1) is 7.09. The molecular formula is C14H19N. The van der Waals surface area contributed by atoms with Gasteiger partial charge in [-0.05, 0) is 47.9 Å². The molecule has 2 N–H and O–H groups in total. The van der Waals surface area contributed by atoms with E-state index in [9.17, 15) is 0 Å². The molecule has 1 aliphatic carbocycles. The molecule has 1 nitrogen and oxygen atoms in total. The smallest absolute Gasteiger partial charge is 0.0314 e. The molecule has 1 aromatic rings. The van der Waals surface area contributed by atoms with Gasteiger partial charge in [0.05, 0.1) is 0 Å². The van der Waals surface area contributed by atoms with Crippen LogP contribution in [0.25, 0.3) is 5.57 Å². The van der Waals surface area contributed by atoms with E-state index < -0.39 is 0 Å². The van der Waals surface area contributed by atoms with Gasteiger partial charge in [0, 0.05) is 5.69 Å². The number of allylic oxidation sites excluding steroid dienone is 2. The molecule has 0 heterocycles. The van der Waals surface area contributed by atoms with Gasteiger partial charge in [-0.1, -0.05) is 32.1 Å². The number of anilines is 1. The second kappa shape index (κ2) is 3.73. The zero-order valence-corrected chi connectivity index (χ0v) is 9.59. The fraction of sp³-hybridized carbons (Fsp3) is 0.429. The lowest BCUT2D eigenvalue weighted by molar-refractivity contribution is 0.425. The van der Waals surface area contributed by atoms with Crippen LogP contribution in [-0.4, -0.2) is 0 Å². The standard InChI is InChI=1S/C14H19N/c1-14(2)10-4-3-5-13(14)11-6-8-12(15)9-7-11/h5-9H,3-4,10,15H2,1-2H3. The van der Waals surface area contributed by atoms with Gasteiger partial charge in [0.2, 0.25) is 0 Å². The monoisotopic (exact) mass is 201 g/mol.